The minimum absolute atomic E-state index is 0.0530. The molecular weight excluding hydrogens is 380 g/mol. The topological polar surface area (TPSA) is 68.3 Å². The first-order chi connectivity index (χ1) is 13.0. The summed E-state index contributed by atoms with van der Waals surface area (Å²) in [5, 5.41) is 7.50. The number of carbonyl (C=O) groups excluding carboxylic acids is 2. The molecule has 0 bridgehead atoms. The SMILES string of the molecule is Cc1ccc(CNC(=O)[C@@H](C)OC(=O)Cc2csc(-c3cccs3)n2)cc1. The molecule has 0 saturated heterocycles. The summed E-state index contributed by atoms with van der Waals surface area (Å²) in [6, 6.07) is 11.9. The van der Waals surface area contributed by atoms with Crippen LogP contribution in [0, 0.1) is 6.92 Å². The van der Waals surface area contributed by atoms with Gasteiger partial charge in [0.15, 0.2) is 6.10 Å². The van der Waals surface area contributed by atoms with Gasteiger partial charge in [-0.25, -0.2) is 4.98 Å². The molecule has 27 heavy (non-hydrogen) atoms. The number of hydrogen-bond acceptors (Lipinski definition) is 6. The maximum atomic E-state index is 12.1. The second-order valence-electron chi connectivity index (χ2n) is 6.13. The van der Waals surface area contributed by atoms with Crippen molar-refractivity contribution in [3.8, 4) is 9.88 Å². The predicted octanol–water partition coefficient (Wildman–Crippen LogP) is 3.97. The Morgan fingerprint density at radius 3 is 2.67 bits per heavy atom. The van der Waals surface area contributed by atoms with E-state index in [-0.39, 0.29) is 12.3 Å². The first kappa shape index (κ1) is 19.3. The van der Waals surface area contributed by atoms with E-state index in [2.05, 4.69) is 10.3 Å². The fraction of sp³-hybridized carbons (Fsp3) is 0.250. The highest BCUT2D eigenvalue weighted by molar-refractivity contribution is 7.20. The fourth-order valence-electron chi connectivity index (χ4n) is 2.38. The van der Waals surface area contributed by atoms with Crippen LogP contribution in [0.1, 0.15) is 23.7 Å². The van der Waals surface area contributed by atoms with E-state index in [9.17, 15) is 9.59 Å². The normalized spacial score (nSPS) is 11.8. The molecule has 0 aliphatic carbocycles. The number of ether oxygens (including phenoxy) is 1. The third-order valence-electron chi connectivity index (χ3n) is 3.87. The summed E-state index contributed by atoms with van der Waals surface area (Å²) >= 11 is 3.10. The van der Waals surface area contributed by atoms with Gasteiger partial charge < -0.3 is 10.1 Å². The van der Waals surface area contributed by atoms with E-state index in [1.165, 1.54) is 11.3 Å². The third kappa shape index (κ3) is 5.48. The van der Waals surface area contributed by atoms with Gasteiger partial charge in [0, 0.05) is 11.9 Å². The minimum atomic E-state index is -0.849. The van der Waals surface area contributed by atoms with Crippen molar-refractivity contribution in [3.63, 3.8) is 0 Å². The number of hydrogen-bond donors (Lipinski definition) is 1. The molecule has 0 spiro atoms. The molecule has 2 aromatic heterocycles. The Bertz CT molecular complexity index is 902. The van der Waals surface area contributed by atoms with Crippen LogP contribution in [-0.4, -0.2) is 23.0 Å². The summed E-state index contributed by atoms with van der Waals surface area (Å²) in [5.41, 5.74) is 2.81. The molecule has 2 heterocycles. The van der Waals surface area contributed by atoms with Crippen LogP contribution in [0.3, 0.4) is 0 Å². The first-order valence-corrected chi connectivity index (χ1v) is 10.3. The second-order valence-corrected chi connectivity index (χ2v) is 7.94. The molecule has 0 aliphatic rings. The van der Waals surface area contributed by atoms with Crippen molar-refractivity contribution in [1.82, 2.24) is 10.3 Å². The molecule has 0 radical (unpaired) electrons. The summed E-state index contributed by atoms with van der Waals surface area (Å²) < 4.78 is 5.24. The molecule has 1 amide bonds. The monoisotopic (exact) mass is 400 g/mol. The van der Waals surface area contributed by atoms with E-state index in [0.717, 1.165) is 21.0 Å². The van der Waals surface area contributed by atoms with Crippen molar-refractivity contribution < 1.29 is 14.3 Å². The number of nitrogens with one attached hydrogen (secondary N) is 1. The number of esters is 1. The highest BCUT2D eigenvalue weighted by Crippen LogP contribution is 2.27. The largest absolute Gasteiger partial charge is 0.452 e. The van der Waals surface area contributed by atoms with Gasteiger partial charge in [-0.3, -0.25) is 9.59 Å². The van der Waals surface area contributed by atoms with Crippen LogP contribution < -0.4 is 5.32 Å². The lowest BCUT2D eigenvalue weighted by Gasteiger charge is -2.13. The van der Waals surface area contributed by atoms with Crippen LogP contribution in [0.15, 0.2) is 47.2 Å². The Labute approximate surface area is 166 Å². The van der Waals surface area contributed by atoms with E-state index < -0.39 is 12.1 Å². The zero-order valence-electron chi connectivity index (χ0n) is 15.1. The molecular formula is C20H20N2O3S2. The highest BCUT2D eigenvalue weighted by Gasteiger charge is 2.19. The van der Waals surface area contributed by atoms with Gasteiger partial charge >= 0.3 is 5.97 Å². The zero-order valence-corrected chi connectivity index (χ0v) is 16.7. The molecule has 3 rings (SSSR count). The van der Waals surface area contributed by atoms with Gasteiger partial charge in [0.05, 0.1) is 17.0 Å². The van der Waals surface area contributed by atoms with Gasteiger partial charge in [0.2, 0.25) is 0 Å². The summed E-state index contributed by atoms with van der Waals surface area (Å²) in [6.45, 7) is 3.98. The summed E-state index contributed by atoms with van der Waals surface area (Å²) in [6.07, 6.45) is -0.796. The van der Waals surface area contributed by atoms with E-state index >= 15 is 0 Å². The van der Waals surface area contributed by atoms with Gasteiger partial charge in [-0.1, -0.05) is 35.9 Å². The average molecular weight is 401 g/mol. The number of nitrogens with zero attached hydrogens (tertiary/aromatic N) is 1. The maximum Gasteiger partial charge on any atom is 0.312 e. The van der Waals surface area contributed by atoms with E-state index in [1.54, 1.807) is 18.3 Å². The number of thiophene rings is 1. The molecule has 0 unspecified atom stereocenters. The van der Waals surface area contributed by atoms with Crippen LogP contribution in [0.25, 0.3) is 9.88 Å². The number of thiazole rings is 1. The molecule has 3 aromatic rings. The van der Waals surface area contributed by atoms with Crippen molar-refractivity contribution in [2.24, 2.45) is 0 Å². The smallest absolute Gasteiger partial charge is 0.312 e. The van der Waals surface area contributed by atoms with E-state index in [1.807, 2.05) is 54.1 Å². The summed E-state index contributed by atoms with van der Waals surface area (Å²) in [5.74, 6) is -0.780. The Balaban J connectivity index is 1.46. The van der Waals surface area contributed by atoms with Crippen LogP contribution in [0.2, 0.25) is 0 Å². The van der Waals surface area contributed by atoms with Crippen molar-refractivity contribution in [3.05, 3.63) is 64.0 Å². The summed E-state index contributed by atoms with van der Waals surface area (Å²) in [4.78, 5) is 29.8. The Morgan fingerprint density at radius 1 is 1.19 bits per heavy atom. The lowest BCUT2D eigenvalue weighted by atomic mass is 10.1. The van der Waals surface area contributed by atoms with Crippen molar-refractivity contribution in [2.75, 3.05) is 0 Å². The van der Waals surface area contributed by atoms with E-state index in [0.29, 0.717) is 12.2 Å². The van der Waals surface area contributed by atoms with Gasteiger partial charge in [-0.15, -0.1) is 22.7 Å². The second kappa shape index (κ2) is 8.92. The van der Waals surface area contributed by atoms with Crippen molar-refractivity contribution in [2.45, 2.75) is 32.9 Å². The number of benzene rings is 1. The quantitative estimate of drug-likeness (QED) is 0.609. The average Bonchev–Trinajstić information content (AvgIpc) is 3.32. The van der Waals surface area contributed by atoms with E-state index in [4.69, 9.17) is 4.74 Å². The molecule has 1 atom stereocenters. The molecule has 1 N–H and O–H groups in total. The number of amides is 1. The molecule has 1 aromatic carbocycles. The maximum absolute atomic E-state index is 12.1. The lowest BCUT2D eigenvalue weighted by Crippen LogP contribution is -2.35. The number of rotatable bonds is 7. The molecule has 7 heteroatoms. The van der Waals surface area contributed by atoms with Crippen LogP contribution in [0.5, 0.6) is 0 Å². The third-order valence-corrected chi connectivity index (χ3v) is 5.80. The Hall–Kier alpha value is -2.51. The van der Waals surface area contributed by atoms with Gasteiger partial charge in [-0.05, 0) is 30.9 Å². The van der Waals surface area contributed by atoms with Crippen molar-refractivity contribution in [1.29, 1.82) is 0 Å². The first-order valence-electron chi connectivity index (χ1n) is 8.52. The standard InChI is InChI=1S/C20H20N2O3S2/c1-13-5-7-15(8-6-13)11-21-19(24)14(2)25-18(23)10-16-12-27-20(22-16)17-4-3-9-26-17/h3-9,12,14H,10-11H2,1-2H3,(H,21,24)/t14-/m1/s1. The number of carbonyl (C=O) groups is 2. The number of aromatic nitrogens is 1. The van der Waals surface area contributed by atoms with Gasteiger partial charge in [0.25, 0.3) is 5.91 Å². The molecule has 0 fully saturated rings. The Kier molecular flexibility index (Phi) is 6.36. The number of aryl methyl sites for hydroxylation is 1. The van der Waals surface area contributed by atoms with Crippen LogP contribution in [-0.2, 0) is 27.3 Å². The molecule has 0 saturated carbocycles. The van der Waals surface area contributed by atoms with Gasteiger partial charge in [0.1, 0.15) is 5.01 Å². The highest BCUT2D eigenvalue weighted by atomic mass is 32.1. The van der Waals surface area contributed by atoms with Gasteiger partial charge in [-0.2, -0.15) is 0 Å². The predicted molar refractivity (Wildman–Crippen MR) is 108 cm³/mol. The summed E-state index contributed by atoms with van der Waals surface area (Å²) in [7, 11) is 0. The van der Waals surface area contributed by atoms with Crippen LogP contribution in [0.4, 0.5) is 0 Å². The minimum Gasteiger partial charge on any atom is -0.452 e. The van der Waals surface area contributed by atoms with Crippen LogP contribution >= 0.6 is 22.7 Å². The molecule has 5 nitrogen and oxygen atoms in total. The Morgan fingerprint density at radius 2 is 1.96 bits per heavy atom. The lowest BCUT2D eigenvalue weighted by molar-refractivity contribution is -0.154. The molecule has 0 aliphatic heterocycles. The fourth-order valence-corrected chi connectivity index (χ4v) is 4.01. The molecule has 140 valence electrons. The zero-order chi connectivity index (χ0) is 19.2. The van der Waals surface area contributed by atoms with Crippen molar-refractivity contribution >= 4 is 34.6 Å².